The number of aliphatic hydroxyl groups excluding tert-OH is 2. The molecule has 0 radical (unpaired) electrons. The first-order valence-corrected chi connectivity index (χ1v) is 8.64. The van der Waals surface area contributed by atoms with Crippen LogP contribution in [0.5, 0.6) is 0 Å². The molecule has 0 aromatic heterocycles. The van der Waals surface area contributed by atoms with E-state index in [2.05, 4.69) is 6.92 Å². The number of hydrogen-bond acceptors (Lipinski definition) is 3. The zero-order valence-corrected chi connectivity index (χ0v) is 13.3. The molecule has 1 aliphatic carbocycles. The van der Waals surface area contributed by atoms with E-state index in [1.165, 1.54) is 57.8 Å². The second kappa shape index (κ2) is 9.75. The average Bonchev–Trinajstić information content (AvgIpc) is 2.50. The molecule has 0 heterocycles. The van der Waals surface area contributed by atoms with Crippen molar-refractivity contribution in [2.75, 3.05) is 13.2 Å². The molecule has 1 saturated carbocycles. The predicted octanol–water partition coefficient (Wildman–Crippen LogP) is 3.23. The smallest absolute Gasteiger partial charge is 0.0633 e. The molecule has 0 saturated heterocycles. The molecule has 4 N–H and O–H groups in total. The molecule has 0 amide bonds. The minimum Gasteiger partial charge on any atom is -0.394 e. The monoisotopic (exact) mass is 285 g/mol. The Hall–Kier alpha value is -0.120. The zero-order chi connectivity index (χ0) is 14.8. The van der Waals surface area contributed by atoms with Gasteiger partial charge in [0.1, 0.15) is 0 Å². The Bertz CT molecular complexity index is 233. The van der Waals surface area contributed by atoms with E-state index in [1.54, 1.807) is 0 Å². The van der Waals surface area contributed by atoms with Crippen molar-refractivity contribution in [2.24, 2.45) is 17.6 Å². The molecular weight excluding hydrogens is 250 g/mol. The summed E-state index contributed by atoms with van der Waals surface area (Å²) in [5, 5.41) is 18.3. The van der Waals surface area contributed by atoms with Crippen LogP contribution in [0.2, 0.25) is 0 Å². The maximum atomic E-state index is 9.15. The Morgan fingerprint density at radius 3 is 1.85 bits per heavy atom. The normalized spacial score (nSPS) is 24.0. The van der Waals surface area contributed by atoms with E-state index < -0.39 is 5.54 Å². The van der Waals surface area contributed by atoms with E-state index >= 15 is 0 Å². The van der Waals surface area contributed by atoms with Crippen LogP contribution in [-0.4, -0.2) is 29.0 Å². The van der Waals surface area contributed by atoms with Gasteiger partial charge in [-0.1, -0.05) is 71.1 Å². The maximum absolute atomic E-state index is 9.15. The van der Waals surface area contributed by atoms with E-state index in [-0.39, 0.29) is 13.2 Å². The predicted molar refractivity (Wildman–Crippen MR) is 84.5 cm³/mol. The van der Waals surface area contributed by atoms with Crippen LogP contribution in [0.25, 0.3) is 0 Å². The summed E-state index contributed by atoms with van der Waals surface area (Å²) in [4.78, 5) is 0. The fraction of sp³-hybridized carbons (Fsp3) is 1.00. The molecule has 1 aliphatic rings. The standard InChI is InChI=1S/C17H35NO2/c1-2-3-6-15-8-10-16(11-9-15)7-4-5-12-17(18,13-19)14-20/h15-16,19-20H,2-14,18H2,1H3. The molecule has 0 atom stereocenters. The van der Waals surface area contributed by atoms with Crippen LogP contribution in [0.3, 0.4) is 0 Å². The van der Waals surface area contributed by atoms with E-state index in [1.807, 2.05) is 0 Å². The summed E-state index contributed by atoms with van der Waals surface area (Å²) in [6, 6.07) is 0. The van der Waals surface area contributed by atoms with Gasteiger partial charge in [-0.25, -0.2) is 0 Å². The number of unbranched alkanes of at least 4 members (excludes halogenated alkanes) is 2. The lowest BCUT2D eigenvalue weighted by molar-refractivity contribution is 0.111. The molecule has 0 aliphatic heterocycles. The first-order valence-electron chi connectivity index (χ1n) is 8.64. The van der Waals surface area contributed by atoms with E-state index in [0.29, 0.717) is 0 Å². The van der Waals surface area contributed by atoms with Gasteiger partial charge in [0.05, 0.1) is 18.8 Å². The SMILES string of the molecule is CCCCC1CCC(CCCCC(N)(CO)CO)CC1. The van der Waals surface area contributed by atoms with Crippen LogP contribution in [0.1, 0.15) is 77.6 Å². The van der Waals surface area contributed by atoms with Crippen LogP contribution in [0.4, 0.5) is 0 Å². The van der Waals surface area contributed by atoms with Crippen molar-refractivity contribution >= 4 is 0 Å². The van der Waals surface area contributed by atoms with Crippen molar-refractivity contribution in [1.29, 1.82) is 0 Å². The fourth-order valence-electron chi connectivity index (χ4n) is 3.42. The fourth-order valence-corrected chi connectivity index (χ4v) is 3.42. The summed E-state index contributed by atoms with van der Waals surface area (Å²) in [6.07, 6.45) is 14.1. The Balaban J connectivity index is 2.07. The minimum absolute atomic E-state index is 0.119. The maximum Gasteiger partial charge on any atom is 0.0633 e. The third-order valence-corrected chi connectivity index (χ3v) is 5.10. The number of hydrogen-bond donors (Lipinski definition) is 3. The topological polar surface area (TPSA) is 66.5 Å². The number of nitrogens with two attached hydrogens (primary N) is 1. The average molecular weight is 285 g/mol. The largest absolute Gasteiger partial charge is 0.394 e. The van der Waals surface area contributed by atoms with Gasteiger partial charge >= 0.3 is 0 Å². The van der Waals surface area contributed by atoms with Crippen molar-refractivity contribution in [3.8, 4) is 0 Å². The zero-order valence-electron chi connectivity index (χ0n) is 13.3. The second-order valence-corrected chi connectivity index (χ2v) is 6.95. The first kappa shape index (κ1) is 17.9. The van der Waals surface area contributed by atoms with Crippen LogP contribution in [0, 0.1) is 11.8 Å². The van der Waals surface area contributed by atoms with Crippen molar-refractivity contribution in [3.63, 3.8) is 0 Å². The molecule has 0 aromatic rings. The van der Waals surface area contributed by atoms with Gasteiger partial charge < -0.3 is 15.9 Å². The third-order valence-electron chi connectivity index (χ3n) is 5.10. The molecule has 0 unspecified atom stereocenters. The lowest BCUT2D eigenvalue weighted by Crippen LogP contribution is -2.47. The highest BCUT2D eigenvalue weighted by Crippen LogP contribution is 2.34. The summed E-state index contributed by atoms with van der Waals surface area (Å²) >= 11 is 0. The molecule has 20 heavy (non-hydrogen) atoms. The van der Waals surface area contributed by atoms with Crippen molar-refractivity contribution in [3.05, 3.63) is 0 Å². The van der Waals surface area contributed by atoms with E-state index in [4.69, 9.17) is 15.9 Å². The van der Waals surface area contributed by atoms with Gasteiger partial charge in [-0.15, -0.1) is 0 Å². The highest BCUT2D eigenvalue weighted by atomic mass is 16.3. The van der Waals surface area contributed by atoms with E-state index in [0.717, 1.165) is 24.7 Å². The molecule has 1 fully saturated rings. The van der Waals surface area contributed by atoms with Gasteiger partial charge in [-0.05, 0) is 18.3 Å². The summed E-state index contributed by atoms with van der Waals surface area (Å²) in [5.41, 5.74) is 5.11. The molecule has 120 valence electrons. The quantitative estimate of drug-likeness (QED) is 0.540. The van der Waals surface area contributed by atoms with Gasteiger partial charge in [-0.2, -0.15) is 0 Å². The number of aliphatic hydroxyl groups is 2. The Morgan fingerprint density at radius 2 is 1.40 bits per heavy atom. The summed E-state index contributed by atoms with van der Waals surface area (Å²) < 4.78 is 0. The van der Waals surface area contributed by atoms with Gasteiger partial charge in [0.15, 0.2) is 0 Å². The molecule has 0 spiro atoms. The van der Waals surface area contributed by atoms with Crippen LogP contribution in [-0.2, 0) is 0 Å². The molecule has 1 rings (SSSR count). The summed E-state index contributed by atoms with van der Waals surface area (Å²) in [6.45, 7) is 2.04. The Kier molecular flexibility index (Phi) is 8.74. The Labute approximate surface area is 125 Å². The van der Waals surface area contributed by atoms with Gasteiger partial charge in [-0.3, -0.25) is 0 Å². The lowest BCUT2D eigenvalue weighted by Gasteiger charge is -2.29. The van der Waals surface area contributed by atoms with Crippen molar-refractivity contribution < 1.29 is 10.2 Å². The number of rotatable bonds is 10. The molecule has 0 aromatic carbocycles. The van der Waals surface area contributed by atoms with Crippen LogP contribution >= 0.6 is 0 Å². The van der Waals surface area contributed by atoms with E-state index in [9.17, 15) is 0 Å². The van der Waals surface area contributed by atoms with Gasteiger partial charge in [0.2, 0.25) is 0 Å². The second-order valence-electron chi connectivity index (χ2n) is 6.95. The van der Waals surface area contributed by atoms with Gasteiger partial charge in [0.25, 0.3) is 0 Å². The summed E-state index contributed by atoms with van der Waals surface area (Å²) in [5.74, 6) is 1.90. The lowest BCUT2D eigenvalue weighted by atomic mass is 9.78. The molecule has 3 heteroatoms. The van der Waals surface area contributed by atoms with Crippen LogP contribution in [0.15, 0.2) is 0 Å². The van der Waals surface area contributed by atoms with Crippen molar-refractivity contribution in [2.45, 2.75) is 83.1 Å². The molecule has 3 nitrogen and oxygen atoms in total. The third kappa shape index (κ3) is 6.55. The molecule has 0 bridgehead atoms. The highest BCUT2D eigenvalue weighted by molar-refractivity contribution is 4.82. The Morgan fingerprint density at radius 1 is 0.900 bits per heavy atom. The summed E-state index contributed by atoms with van der Waals surface area (Å²) in [7, 11) is 0. The first-order chi connectivity index (χ1) is 9.63. The molecular formula is C17H35NO2. The van der Waals surface area contributed by atoms with Crippen molar-refractivity contribution in [1.82, 2.24) is 0 Å². The highest BCUT2D eigenvalue weighted by Gasteiger charge is 2.23. The minimum atomic E-state index is -0.766. The van der Waals surface area contributed by atoms with Crippen LogP contribution < -0.4 is 5.73 Å². The van der Waals surface area contributed by atoms with Gasteiger partial charge in [0, 0.05) is 0 Å².